The molecule has 2 aliphatic carbocycles. The molecule has 3 atom stereocenters. The van der Waals surface area contributed by atoms with Crippen LogP contribution in [-0.4, -0.2) is 34.5 Å². The quantitative estimate of drug-likeness (QED) is 0.186. The lowest BCUT2D eigenvalue weighted by molar-refractivity contribution is -0.0310. The first kappa shape index (κ1) is 29.7. The highest BCUT2D eigenvalue weighted by Crippen LogP contribution is 2.68. The average molecular weight is 616 g/mol. The molecule has 1 saturated carbocycles. The number of methoxy groups -OCH3 is 1. The smallest absolute Gasteiger partial charge is 0.411 e. The van der Waals surface area contributed by atoms with Crippen LogP contribution in [0.1, 0.15) is 53.0 Å². The van der Waals surface area contributed by atoms with E-state index in [1.807, 2.05) is 0 Å². The normalized spacial score (nSPS) is 18.5. The second-order valence-electron chi connectivity index (χ2n) is 10.9. The molecule has 44 heavy (non-hydrogen) atoms. The number of aromatic nitrogens is 3. The van der Waals surface area contributed by atoms with E-state index in [-0.39, 0.29) is 31.5 Å². The largest absolute Gasteiger partial charge is 0.453 e. The van der Waals surface area contributed by atoms with Crippen LogP contribution in [0.2, 0.25) is 0 Å². The standard InChI is InChI=1S/C31H27F6N5O2/c1-44-30(43)40-20-6-4-17(5-7-20)21-3-2-8-39-26(21)24(13-16-11-18(32)14-19(33)12-16)38-9-10-42-28-25(27(41-42)29(34)35)22-15-23(22)31(28,36)37/h2-8,11-12,14,22-24,29,38H,9-10,13,15H2,1H3,(H,40,43). The van der Waals surface area contributed by atoms with Crippen LogP contribution >= 0.6 is 0 Å². The molecular formula is C31H27F6N5O2. The number of pyridine rings is 1. The number of rotatable bonds is 10. The van der Waals surface area contributed by atoms with Crippen LogP contribution in [0.25, 0.3) is 11.1 Å². The fourth-order valence-electron chi connectivity index (χ4n) is 6.04. The number of fused-ring (bicyclic) bond motifs is 3. The number of ether oxygens (including phenoxy) is 1. The second-order valence-corrected chi connectivity index (χ2v) is 10.9. The van der Waals surface area contributed by atoms with Gasteiger partial charge in [-0.15, -0.1) is 0 Å². The Morgan fingerprint density at radius 2 is 1.82 bits per heavy atom. The average Bonchev–Trinajstić information content (AvgIpc) is 3.64. The van der Waals surface area contributed by atoms with Crippen LogP contribution in [0.15, 0.2) is 60.8 Å². The molecule has 0 aliphatic heterocycles. The number of alkyl halides is 4. The topological polar surface area (TPSA) is 81.1 Å². The lowest BCUT2D eigenvalue weighted by atomic mass is 9.95. The Morgan fingerprint density at radius 1 is 1.09 bits per heavy atom. The lowest BCUT2D eigenvalue weighted by Gasteiger charge is -2.22. The van der Waals surface area contributed by atoms with Crippen molar-refractivity contribution in [2.75, 3.05) is 19.0 Å². The van der Waals surface area contributed by atoms with Crippen LogP contribution in [0.3, 0.4) is 0 Å². The van der Waals surface area contributed by atoms with E-state index >= 15 is 8.78 Å². The maximum Gasteiger partial charge on any atom is 0.411 e. The van der Waals surface area contributed by atoms with E-state index in [0.717, 1.165) is 10.7 Å². The first-order chi connectivity index (χ1) is 21.1. The van der Waals surface area contributed by atoms with Gasteiger partial charge in [-0.25, -0.2) is 22.4 Å². The van der Waals surface area contributed by atoms with Gasteiger partial charge < -0.3 is 10.1 Å². The molecule has 2 aliphatic rings. The lowest BCUT2D eigenvalue weighted by Crippen LogP contribution is -2.30. The fourth-order valence-corrected chi connectivity index (χ4v) is 6.04. The Hall–Kier alpha value is -4.39. The summed E-state index contributed by atoms with van der Waals surface area (Å²) in [6.07, 6.45) is -1.83. The molecule has 1 amide bonds. The monoisotopic (exact) mass is 615 g/mol. The third-order valence-electron chi connectivity index (χ3n) is 8.04. The van der Waals surface area contributed by atoms with Gasteiger partial charge in [-0.1, -0.05) is 18.2 Å². The van der Waals surface area contributed by atoms with E-state index in [9.17, 15) is 22.4 Å². The predicted molar refractivity (Wildman–Crippen MR) is 148 cm³/mol. The number of carbonyl (C=O) groups is 1. The predicted octanol–water partition coefficient (Wildman–Crippen LogP) is 7.12. The molecule has 2 aromatic heterocycles. The number of amides is 1. The van der Waals surface area contributed by atoms with Crippen LogP contribution in [0.4, 0.5) is 36.8 Å². The molecule has 230 valence electrons. The zero-order valence-electron chi connectivity index (χ0n) is 23.3. The number of carbonyl (C=O) groups excluding carboxylic acids is 1. The van der Waals surface area contributed by atoms with Crippen molar-refractivity contribution in [3.63, 3.8) is 0 Å². The van der Waals surface area contributed by atoms with E-state index in [4.69, 9.17) is 0 Å². The minimum absolute atomic E-state index is 0.0165. The molecule has 2 aromatic carbocycles. The number of anilines is 1. The van der Waals surface area contributed by atoms with Crippen molar-refractivity contribution in [1.82, 2.24) is 20.1 Å². The van der Waals surface area contributed by atoms with Crippen molar-refractivity contribution in [1.29, 1.82) is 0 Å². The van der Waals surface area contributed by atoms with Crippen LogP contribution in [0, 0.1) is 17.6 Å². The van der Waals surface area contributed by atoms with Gasteiger partial charge in [0.05, 0.1) is 25.4 Å². The number of halogens is 6. The summed E-state index contributed by atoms with van der Waals surface area (Å²) in [5.41, 5.74) is 1.58. The maximum atomic E-state index is 15.0. The minimum atomic E-state index is -3.25. The van der Waals surface area contributed by atoms with Crippen molar-refractivity contribution in [2.45, 2.75) is 43.7 Å². The Kier molecular flexibility index (Phi) is 7.82. The van der Waals surface area contributed by atoms with E-state index < -0.39 is 59.3 Å². The maximum absolute atomic E-state index is 15.0. The minimum Gasteiger partial charge on any atom is -0.453 e. The molecule has 13 heteroatoms. The third-order valence-corrected chi connectivity index (χ3v) is 8.04. The number of benzene rings is 2. The van der Waals surface area contributed by atoms with E-state index in [1.54, 1.807) is 42.6 Å². The molecule has 0 spiro atoms. The molecular weight excluding hydrogens is 588 g/mol. The highest BCUT2D eigenvalue weighted by molar-refractivity contribution is 5.85. The molecule has 0 bridgehead atoms. The Morgan fingerprint density at radius 3 is 2.50 bits per heavy atom. The highest BCUT2D eigenvalue weighted by atomic mass is 19.3. The van der Waals surface area contributed by atoms with Gasteiger partial charge >= 0.3 is 6.09 Å². The van der Waals surface area contributed by atoms with E-state index in [0.29, 0.717) is 28.1 Å². The summed E-state index contributed by atoms with van der Waals surface area (Å²) < 4.78 is 91.3. The zero-order chi connectivity index (χ0) is 31.2. The summed E-state index contributed by atoms with van der Waals surface area (Å²) in [7, 11) is 1.24. The van der Waals surface area contributed by atoms with Gasteiger partial charge in [0.1, 0.15) is 23.0 Å². The number of nitrogens with zero attached hydrogens (tertiary/aromatic N) is 3. The summed E-state index contributed by atoms with van der Waals surface area (Å²) in [5, 5.41) is 9.67. The molecule has 7 nitrogen and oxygen atoms in total. The van der Waals surface area contributed by atoms with Gasteiger partial charge in [0.2, 0.25) is 0 Å². The fraction of sp³-hybridized carbons (Fsp3) is 0.323. The molecule has 1 fully saturated rings. The third kappa shape index (κ3) is 5.63. The number of nitrogens with one attached hydrogen (secondary N) is 2. The van der Waals surface area contributed by atoms with Crippen molar-refractivity contribution < 1.29 is 35.9 Å². The van der Waals surface area contributed by atoms with E-state index in [1.165, 1.54) is 19.2 Å². The summed E-state index contributed by atoms with van der Waals surface area (Å²) in [4.78, 5) is 16.1. The van der Waals surface area contributed by atoms with Gasteiger partial charge in [0.15, 0.2) is 0 Å². The zero-order valence-corrected chi connectivity index (χ0v) is 23.3. The summed E-state index contributed by atoms with van der Waals surface area (Å²) in [6, 6.07) is 12.8. The molecule has 0 saturated heterocycles. The molecule has 2 N–H and O–H groups in total. The summed E-state index contributed by atoms with van der Waals surface area (Å²) in [6.45, 7) is -0.128. The molecule has 0 radical (unpaired) electrons. The first-order valence-electron chi connectivity index (χ1n) is 13.9. The van der Waals surface area contributed by atoms with Crippen molar-refractivity contribution in [3.05, 3.63) is 101 Å². The van der Waals surface area contributed by atoms with Crippen molar-refractivity contribution in [2.24, 2.45) is 5.92 Å². The van der Waals surface area contributed by atoms with Crippen molar-refractivity contribution >= 4 is 11.8 Å². The Bertz CT molecular complexity index is 1670. The molecule has 4 aromatic rings. The van der Waals surface area contributed by atoms with Gasteiger partial charge in [-0.3, -0.25) is 15.0 Å². The first-order valence-corrected chi connectivity index (χ1v) is 13.9. The number of hydrogen-bond acceptors (Lipinski definition) is 5. The molecule has 6 rings (SSSR count). The van der Waals surface area contributed by atoms with Crippen LogP contribution in [-0.2, 0) is 23.6 Å². The van der Waals surface area contributed by atoms with Crippen LogP contribution in [0.5, 0.6) is 0 Å². The number of hydrogen-bond donors (Lipinski definition) is 2. The second kappa shape index (κ2) is 11.6. The summed E-state index contributed by atoms with van der Waals surface area (Å²) in [5.74, 6) is -6.36. The molecule has 3 unspecified atom stereocenters. The van der Waals surface area contributed by atoms with Crippen LogP contribution < -0.4 is 10.6 Å². The van der Waals surface area contributed by atoms with Gasteiger partial charge in [-0.2, -0.15) is 13.9 Å². The van der Waals surface area contributed by atoms with Gasteiger partial charge in [0, 0.05) is 41.5 Å². The SMILES string of the molecule is COC(=O)Nc1ccc(-c2cccnc2C(Cc2cc(F)cc(F)c2)NCCn2nc(C(F)F)c3c2C(F)(F)C2CC32)cc1. The van der Waals surface area contributed by atoms with Gasteiger partial charge in [-0.05, 0) is 60.2 Å². The van der Waals surface area contributed by atoms with Gasteiger partial charge in [0.25, 0.3) is 12.3 Å². The molecule has 2 heterocycles. The highest BCUT2D eigenvalue weighted by Gasteiger charge is 2.67. The van der Waals surface area contributed by atoms with E-state index in [2.05, 4.69) is 25.5 Å². The Labute approximate surface area is 248 Å². The van der Waals surface area contributed by atoms with Crippen molar-refractivity contribution in [3.8, 4) is 11.1 Å². The summed E-state index contributed by atoms with van der Waals surface area (Å²) >= 11 is 0. The Balaban J connectivity index is 1.29.